The Hall–Kier alpha value is -1.17. The van der Waals surface area contributed by atoms with Crippen LogP contribution in [0.25, 0.3) is 0 Å². The molecule has 0 fully saturated rings. The van der Waals surface area contributed by atoms with Gasteiger partial charge in [-0.1, -0.05) is 32.5 Å². The molecule has 0 saturated heterocycles. The van der Waals surface area contributed by atoms with Crippen molar-refractivity contribution >= 4 is 29.0 Å². The first-order chi connectivity index (χ1) is 6.97. The van der Waals surface area contributed by atoms with E-state index in [0.29, 0.717) is 12.5 Å². The molecule has 6 heteroatoms. The van der Waals surface area contributed by atoms with Gasteiger partial charge in [-0.15, -0.1) is 0 Å². The van der Waals surface area contributed by atoms with E-state index in [1.165, 1.54) is 0 Å². The third-order valence-corrected chi connectivity index (χ3v) is 2.08. The van der Waals surface area contributed by atoms with Crippen LogP contribution in [0.5, 0.6) is 0 Å². The molecular weight excluding hydrogens is 214 g/mol. The fraction of sp³-hybridized carbons (Fsp3) is 0.667. The highest BCUT2D eigenvalue weighted by atomic mass is 32.1. The minimum atomic E-state index is -0.703. The van der Waals surface area contributed by atoms with Crippen LogP contribution in [0.2, 0.25) is 0 Å². The maximum absolute atomic E-state index is 11.2. The van der Waals surface area contributed by atoms with Gasteiger partial charge < -0.3 is 16.4 Å². The van der Waals surface area contributed by atoms with Gasteiger partial charge in [-0.2, -0.15) is 0 Å². The highest BCUT2D eigenvalue weighted by Crippen LogP contribution is 1.96. The summed E-state index contributed by atoms with van der Waals surface area (Å²) in [6.07, 6.45) is 0.953. The van der Waals surface area contributed by atoms with E-state index in [9.17, 15) is 9.59 Å². The zero-order valence-corrected chi connectivity index (χ0v) is 9.82. The summed E-state index contributed by atoms with van der Waals surface area (Å²) < 4.78 is 0. The Labute approximate surface area is 94.8 Å². The molecule has 0 rings (SSSR count). The van der Waals surface area contributed by atoms with Crippen LogP contribution in [0.15, 0.2) is 0 Å². The lowest BCUT2D eigenvalue weighted by Gasteiger charge is -2.09. The zero-order valence-electron chi connectivity index (χ0n) is 9.00. The fourth-order valence-electron chi connectivity index (χ4n) is 0.739. The smallest absolute Gasteiger partial charge is 0.309 e. The summed E-state index contributed by atoms with van der Waals surface area (Å²) in [5.74, 6) is -0.991. The number of hydrogen-bond acceptors (Lipinski definition) is 3. The van der Waals surface area contributed by atoms with Crippen molar-refractivity contribution in [2.75, 3.05) is 13.1 Å². The van der Waals surface area contributed by atoms with E-state index in [1.54, 1.807) is 0 Å². The van der Waals surface area contributed by atoms with Crippen molar-refractivity contribution in [2.24, 2.45) is 11.7 Å². The van der Waals surface area contributed by atoms with Crippen LogP contribution in [-0.2, 0) is 9.59 Å². The second-order valence-corrected chi connectivity index (χ2v) is 3.90. The highest BCUT2D eigenvalue weighted by Gasteiger charge is 2.13. The van der Waals surface area contributed by atoms with Crippen molar-refractivity contribution in [3.8, 4) is 0 Å². The molecule has 1 atom stereocenters. The Morgan fingerprint density at radius 2 is 1.87 bits per heavy atom. The van der Waals surface area contributed by atoms with Crippen LogP contribution in [0.4, 0.5) is 0 Å². The molecule has 15 heavy (non-hydrogen) atoms. The average Bonchev–Trinajstić information content (AvgIpc) is 2.21. The number of amides is 2. The van der Waals surface area contributed by atoms with Gasteiger partial charge in [0.05, 0.1) is 11.5 Å². The van der Waals surface area contributed by atoms with Crippen LogP contribution in [0, 0.1) is 5.92 Å². The number of rotatable bonds is 5. The van der Waals surface area contributed by atoms with E-state index in [2.05, 4.69) is 22.9 Å². The maximum Gasteiger partial charge on any atom is 0.309 e. The molecule has 0 aliphatic carbocycles. The van der Waals surface area contributed by atoms with Crippen LogP contribution in [0.3, 0.4) is 0 Å². The standard InChI is InChI=1S/C9H17N3O2S/c1-3-6(2)4-11-8(13)9(14)12-5-7(10)15/h6H,3-5H2,1-2H3,(H2,10,15)(H,11,13)(H,12,14). The Morgan fingerprint density at radius 3 is 2.33 bits per heavy atom. The molecule has 0 saturated carbocycles. The molecule has 0 spiro atoms. The van der Waals surface area contributed by atoms with Crippen LogP contribution >= 0.6 is 12.2 Å². The predicted molar refractivity (Wildman–Crippen MR) is 62.3 cm³/mol. The summed E-state index contributed by atoms with van der Waals surface area (Å²) in [7, 11) is 0. The van der Waals surface area contributed by atoms with E-state index in [1.807, 2.05) is 13.8 Å². The summed E-state index contributed by atoms with van der Waals surface area (Å²) in [6.45, 7) is 4.55. The van der Waals surface area contributed by atoms with Crippen molar-refractivity contribution < 1.29 is 9.59 Å². The SMILES string of the molecule is CCC(C)CNC(=O)C(=O)NCC(N)=S. The topological polar surface area (TPSA) is 84.2 Å². The number of carbonyl (C=O) groups is 2. The molecule has 0 heterocycles. The molecule has 5 nitrogen and oxygen atoms in total. The van der Waals surface area contributed by atoms with Crippen molar-refractivity contribution in [2.45, 2.75) is 20.3 Å². The van der Waals surface area contributed by atoms with E-state index < -0.39 is 11.8 Å². The Balaban J connectivity index is 3.79. The highest BCUT2D eigenvalue weighted by molar-refractivity contribution is 7.80. The number of hydrogen-bond donors (Lipinski definition) is 3. The number of carbonyl (C=O) groups excluding carboxylic acids is 2. The minimum absolute atomic E-state index is 0.0465. The molecule has 4 N–H and O–H groups in total. The first kappa shape index (κ1) is 13.8. The molecule has 86 valence electrons. The Bertz CT molecular complexity index is 256. The lowest BCUT2D eigenvalue weighted by atomic mass is 10.1. The van der Waals surface area contributed by atoms with Crippen molar-refractivity contribution in [3.63, 3.8) is 0 Å². The number of nitrogens with two attached hydrogens (primary N) is 1. The molecule has 2 amide bonds. The van der Waals surface area contributed by atoms with Crippen LogP contribution in [-0.4, -0.2) is 29.9 Å². The largest absolute Gasteiger partial charge is 0.392 e. The number of thiocarbonyl (C=S) groups is 1. The Kier molecular flexibility index (Phi) is 6.61. The van der Waals surface area contributed by atoms with Gasteiger partial charge >= 0.3 is 11.8 Å². The van der Waals surface area contributed by atoms with Crippen LogP contribution in [0.1, 0.15) is 20.3 Å². The van der Waals surface area contributed by atoms with E-state index in [0.717, 1.165) is 6.42 Å². The lowest BCUT2D eigenvalue weighted by molar-refractivity contribution is -0.139. The molecule has 0 aromatic heterocycles. The lowest BCUT2D eigenvalue weighted by Crippen LogP contribution is -2.43. The van der Waals surface area contributed by atoms with Gasteiger partial charge in [0.15, 0.2) is 0 Å². The summed E-state index contributed by atoms with van der Waals surface area (Å²) >= 11 is 4.56. The monoisotopic (exact) mass is 231 g/mol. The van der Waals surface area contributed by atoms with Gasteiger partial charge in [0, 0.05) is 6.54 Å². The van der Waals surface area contributed by atoms with Gasteiger partial charge in [0.2, 0.25) is 0 Å². The maximum atomic E-state index is 11.2. The first-order valence-corrected chi connectivity index (χ1v) is 5.22. The van der Waals surface area contributed by atoms with Crippen molar-refractivity contribution in [1.29, 1.82) is 0 Å². The van der Waals surface area contributed by atoms with Gasteiger partial charge in [-0.25, -0.2) is 0 Å². The molecule has 0 radical (unpaired) electrons. The quantitative estimate of drug-likeness (QED) is 0.442. The molecule has 1 unspecified atom stereocenters. The van der Waals surface area contributed by atoms with Gasteiger partial charge in [0.25, 0.3) is 0 Å². The van der Waals surface area contributed by atoms with E-state index in [-0.39, 0.29) is 11.5 Å². The molecule has 0 aromatic carbocycles. The van der Waals surface area contributed by atoms with Gasteiger partial charge in [-0.05, 0) is 5.92 Å². The third-order valence-electron chi connectivity index (χ3n) is 1.94. The third kappa shape index (κ3) is 6.84. The first-order valence-electron chi connectivity index (χ1n) is 4.81. The average molecular weight is 231 g/mol. The minimum Gasteiger partial charge on any atom is -0.392 e. The van der Waals surface area contributed by atoms with E-state index >= 15 is 0 Å². The second kappa shape index (κ2) is 7.17. The summed E-state index contributed by atoms with van der Waals surface area (Å²) in [6, 6.07) is 0. The molecule has 0 bridgehead atoms. The summed E-state index contributed by atoms with van der Waals surface area (Å²) in [4.78, 5) is 22.4. The van der Waals surface area contributed by atoms with Crippen molar-refractivity contribution in [3.05, 3.63) is 0 Å². The van der Waals surface area contributed by atoms with Gasteiger partial charge in [-0.3, -0.25) is 9.59 Å². The van der Waals surface area contributed by atoms with Gasteiger partial charge in [0.1, 0.15) is 0 Å². The Morgan fingerprint density at radius 1 is 1.33 bits per heavy atom. The predicted octanol–water partition coefficient (Wildman–Crippen LogP) is -0.449. The van der Waals surface area contributed by atoms with Crippen molar-refractivity contribution in [1.82, 2.24) is 10.6 Å². The summed E-state index contributed by atoms with van der Waals surface area (Å²) in [5, 5.41) is 4.83. The second-order valence-electron chi connectivity index (χ2n) is 3.37. The molecule has 0 aliphatic rings. The molecular formula is C9H17N3O2S. The fourth-order valence-corrected chi connectivity index (χ4v) is 0.811. The zero-order chi connectivity index (χ0) is 11.8. The number of nitrogens with one attached hydrogen (secondary N) is 2. The molecule has 0 aromatic rings. The van der Waals surface area contributed by atoms with E-state index in [4.69, 9.17) is 5.73 Å². The normalized spacial score (nSPS) is 11.6. The van der Waals surface area contributed by atoms with Crippen LogP contribution < -0.4 is 16.4 Å². The summed E-state index contributed by atoms with van der Waals surface area (Å²) in [5.41, 5.74) is 5.17. The molecule has 0 aliphatic heterocycles.